The first-order valence-corrected chi connectivity index (χ1v) is 29.0. The Morgan fingerprint density at radius 2 is 1.30 bits per heavy atom. The lowest BCUT2D eigenvalue weighted by molar-refractivity contribution is -0.354. The molecule has 1 unspecified atom stereocenters. The van der Waals surface area contributed by atoms with Crippen LogP contribution in [0.25, 0.3) is 0 Å². The van der Waals surface area contributed by atoms with Crippen LogP contribution in [0.15, 0.2) is 150 Å². The first kappa shape index (κ1) is 54.9. The molecule has 0 spiro atoms. The quantitative estimate of drug-likeness (QED) is 0.0569. The highest BCUT2D eigenvalue weighted by molar-refractivity contribution is 7.99. The minimum atomic E-state index is -2.86. The van der Waals surface area contributed by atoms with Gasteiger partial charge in [0, 0.05) is 10.5 Å². The molecule has 11 atom stereocenters. The number of ether oxygens (including phenoxy) is 8. The van der Waals surface area contributed by atoms with Gasteiger partial charge in [-0.05, 0) is 60.4 Å². The number of carbonyl (C=O) groups excluding carboxylic acids is 3. The monoisotopic (exact) mass is 1090 g/mol. The predicted octanol–water partition coefficient (Wildman–Crippen LogP) is 10.8. The number of amides is 1. The van der Waals surface area contributed by atoms with Crippen molar-refractivity contribution in [3.8, 4) is 0 Å². The molecule has 1 N–H and O–H groups in total. The summed E-state index contributed by atoms with van der Waals surface area (Å²) in [6.07, 6.45) is -11.2. The van der Waals surface area contributed by atoms with Crippen LogP contribution in [0.2, 0.25) is 18.1 Å². The van der Waals surface area contributed by atoms with Crippen molar-refractivity contribution in [3.05, 3.63) is 173 Å². The van der Waals surface area contributed by atoms with Crippen LogP contribution in [-0.2, 0) is 65.1 Å². The molecule has 5 aromatic rings. The summed E-state index contributed by atoms with van der Waals surface area (Å²) in [6, 6.07) is 43.0. The number of aryl methyl sites for hydroxylation is 1. The minimum absolute atomic E-state index is 0.000865. The highest BCUT2D eigenvalue weighted by Gasteiger charge is 2.59. The van der Waals surface area contributed by atoms with Crippen molar-refractivity contribution in [2.45, 2.75) is 135 Å². The van der Waals surface area contributed by atoms with Crippen LogP contribution >= 0.6 is 46.6 Å². The number of thioether (sulfide) groups is 1. The van der Waals surface area contributed by atoms with Crippen molar-refractivity contribution in [2.24, 2.45) is 0 Å². The van der Waals surface area contributed by atoms with E-state index in [4.69, 9.17) is 77.1 Å². The standard InChI is InChI=1S/C55H60Cl3NO12SSi/c1-34-27-29-39(30-28-34)72-52-41(59-53(62)55(56,57)58)43(42-40(66-52)33-65-50(68-42)38-25-17-10-18-26-38)69-51-47(67-48(60)37-23-15-9-16-24-37)44(63-31-35-19-11-7-12-20-35)45(71-73(5,6)54(2,3)4)46(70-51)49(61)64-32-36-21-13-8-14-22-36/h7-30,40-47,50-52H,31-33H2,1-6H3,(H,59,62)/t40-,41-,42-,43-,44+,45+,46+,47-,50?,51-,52+/m1/s1. The van der Waals surface area contributed by atoms with Gasteiger partial charge in [0.25, 0.3) is 9.70 Å². The van der Waals surface area contributed by atoms with Gasteiger partial charge in [-0.3, -0.25) is 4.79 Å². The number of benzene rings is 5. The minimum Gasteiger partial charge on any atom is -0.459 e. The fourth-order valence-electron chi connectivity index (χ4n) is 8.32. The molecule has 3 aliphatic rings. The summed E-state index contributed by atoms with van der Waals surface area (Å²) >= 11 is 20.2. The van der Waals surface area contributed by atoms with Gasteiger partial charge >= 0.3 is 11.9 Å². The van der Waals surface area contributed by atoms with Crippen molar-refractivity contribution >= 4 is 72.7 Å². The normalized spacial score (nSPS) is 26.5. The van der Waals surface area contributed by atoms with Gasteiger partial charge in [0.1, 0.15) is 42.6 Å². The number of esters is 2. The van der Waals surface area contributed by atoms with Gasteiger partial charge in [-0.25, -0.2) is 9.59 Å². The van der Waals surface area contributed by atoms with E-state index in [-0.39, 0.29) is 30.4 Å². The molecule has 13 nitrogen and oxygen atoms in total. The highest BCUT2D eigenvalue weighted by Crippen LogP contribution is 2.45. The maximum absolute atomic E-state index is 15.0. The van der Waals surface area contributed by atoms with Crippen LogP contribution in [0.1, 0.15) is 59.7 Å². The van der Waals surface area contributed by atoms with E-state index >= 15 is 0 Å². The summed E-state index contributed by atoms with van der Waals surface area (Å²) in [5.41, 5.74) is 2.51. The van der Waals surface area contributed by atoms with E-state index in [0.29, 0.717) is 5.56 Å². The van der Waals surface area contributed by atoms with Crippen molar-refractivity contribution in [3.63, 3.8) is 0 Å². The summed E-state index contributed by atoms with van der Waals surface area (Å²) in [6.45, 7) is 12.2. The van der Waals surface area contributed by atoms with Gasteiger partial charge in [-0.2, -0.15) is 0 Å². The summed E-state index contributed by atoms with van der Waals surface area (Å²) in [5.74, 6) is -2.50. The van der Waals surface area contributed by atoms with Crippen LogP contribution in [0.3, 0.4) is 0 Å². The molecule has 3 aliphatic heterocycles. The molecule has 73 heavy (non-hydrogen) atoms. The third-order valence-electron chi connectivity index (χ3n) is 13.3. The first-order valence-electron chi connectivity index (χ1n) is 24.0. The van der Waals surface area contributed by atoms with E-state index < -0.39 is 96.7 Å². The maximum Gasteiger partial charge on any atom is 0.338 e. The lowest BCUT2D eigenvalue weighted by Crippen LogP contribution is -2.70. The Labute approximate surface area is 446 Å². The largest absolute Gasteiger partial charge is 0.459 e. The molecule has 0 radical (unpaired) electrons. The van der Waals surface area contributed by atoms with Gasteiger partial charge < -0.3 is 47.6 Å². The molecule has 8 rings (SSSR count). The van der Waals surface area contributed by atoms with Crippen molar-refractivity contribution in [2.75, 3.05) is 6.61 Å². The topological polar surface area (TPSA) is 146 Å². The smallest absolute Gasteiger partial charge is 0.338 e. The molecule has 0 aromatic heterocycles. The Bertz CT molecular complexity index is 2600. The number of hydrogen-bond donors (Lipinski definition) is 1. The van der Waals surface area contributed by atoms with Crippen LogP contribution in [0, 0.1) is 6.92 Å². The maximum atomic E-state index is 15.0. The van der Waals surface area contributed by atoms with Crippen LogP contribution in [0.4, 0.5) is 0 Å². The lowest BCUT2D eigenvalue weighted by atomic mass is 9.94. The number of nitrogens with one attached hydrogen (secondary N) is 1. The molecule has 5 aromatic carbocycles. The fraction of sp³-hybridized carbons (Fsp3) is 0.400. The molecule has 388 valence electrons. The average molecular weight is 1090 g/mol. The zero-order valence-corrected chi connectivity index (χ0v) is 45.4. The van der Waals surface area contributed by atoms with Crippen molar-refractivity contribution in [1.82, 2.24) is 5.32 Å². The molecule has 0 bridgehead atoms. The molecule has 0 saturated carbocycles. The van der Waals surface area contributed by atoms with E-state index in [0.717, 1.165) is 21.6 Å². The zero-order valence-electron chi connectivity index (χ0n) is 41.3. The Hall–Kier alpha value is -4.33. The number of carbonyl (C=O) groups is 3. The van der Waals surface area contributed by atoms with E-state index in [1.54, 1.807) is 30.3 Å². The van der Waals surface area contributed by atoms with Gasteiger partial charge in [0.05, 0.1) is 24.8 Å². The Morgan fingerprint density at radius 1 is 0.712 bits per heavy atom. The second-order valence-electron chi connectivity index (χ2n) is 19.6. The predicted molar refractivity (Wildman–Crippen MR) is 280 cm³/mol. The second kappa shape index (κ2) is 24.1. The van der Waals surface area contributed by atoms with E-state index in [2.05, 4.69) is 26.1 Å². The SMILES string of the molecule is Cc1ccc(S[C@@H]2O[C@@H]3COC(c4ccccc4)O[C@H]3[C@H](O[C@@H]3O[C@H](C(=O)OCc4ccccc4)[C@@H](O[Si](C)(C)C(C)(C)C)[C@H](OCc4ccccc4)[C@H]3OC(=O)c3ccccc3)[C@H]2NC(=O)C(Cl)(Cl)Cl)cc1. The van der Waals surface area contributed by atoms with Gasteiger partial charge in [-0.1, -0.05) is 194 Å². The third-order valence-corrected chi connectivity index (χ3v) is 19.4. The number of halogens is 3. The molecule has 3 heterocycles. The van der Waals surface area contributed by atoms with E-state index in [1.165, 1.54) is 11.8 Å². The van der Waals surface area contributed by atoms with E-state index in [9.17, 15) is 14.4 Å². The van der Waals surface area contributed by atoms with E-state index in [1.807, 2.05) is 135 Å². The second-order valence-corrected chi connectivity index (χ2v) is 27.8. The Balaban J connectivity index is 1.28. The van der Waals surface area contributed by atoms with Crippen LogP contribution in [-0.4, -0.2) is 97.1 Å². The molecular formula is C55H60Cl3NO12SSi. The lowest BCUT2D eigenvalue weighted by Gasteiger charge is -2.52. The number of rotatable bonds is 16. The first-order chi connectivity index (χ1) is 34.8. The van der Waals surface area contributed by atoms with Gasteiger partial charge in [-0.15, -0.1) is 0 Å². The molecular weight excluding hydrogens is 1030 g/mol. The molecule has 3 saturated heterocycles. The van der Waals surface area contributed by atoms with Crippen LogP contribution < -0.4 is 5.32 Å². The summed E-state index contributed by atoms with van der Waals surface area (Å²) in [4.78, 5) is 44.3. The number of alkyl halides is 3. The molecule has 1 amide bonds. The summed E-state index contributed by atoms with van der Waals surface area (Å²) in [5, 5.41) is 2.52. The van der Waals surface area contributed by atoms with Crippen molar-refractivity contribution in [1.29, 1.82) is 0 Å². The van der Waals surface area contributed by atoms with Crippen LogP contribution in [0.5, 0.6) is 0 Å². The zero-order chi connectivity index (χ0) is 51.9. The molecule has 3 fully saturated rings. The van der Waals surface area contributed by atoms with Crippen molar-refractivity contribution < 1.29 is 56.7 Å². The summed E-state index contributed by atoms with van der Waals surface area (Å²) in [7, 11) is -2.86. The Kier molecular flexibility index (Phi) is 18.1. The van der Waals surface area contributed by atoms with Gasteiger partial charge in [0.15, 0.2) is 33.1 Å². The number of hydrogen-bond acceptors (Lipinski definition) is 13. The average Bonchev–Trinajstić information content (AvgIpc) is 3.37. The highest BCUT2D eigenvalue weighted by atomic mass is 35.6. The van der Waals surface area contributed by atoms with Gasteiger partial charge in [0.2, 0.25) is 0 Å². The summed E-state index contributed by atoms with van der Waals surface area (Å²) < 4.78 is 58.5. The fourth-order valence-corrected chi connectivity index (χ4v) is 10.9. The Morgan fingerprint density at radius 3 is 1.90 bits per heavy atom. The molecule has 18 heteroatoms. The number of fused-ring (bicyclic) bond motifs is 1. The molecule has 0 aliphatic carbocycles. The third kappa shape index (κ3) is 13.9.